The third-order valence-corrected chi connectivity index (χ3v) is 3.69. The molecular weight excluding hydrogens is 310 g/mol. The first-order valence-corrected chi connectivity index (χ1v) is 7.42. The summed E-state index contributed by atoms with van der Waals surface area (Å²) in [4.78, 5) is 12.0. The van der Waals surface area contributed by atoms with Crippen molar-refractivity contribution in [2.75, 3.05) is 17.2 Å². The Kier molecular flexibility index (Phi) is 5.09. The highest BCUT2D eigenvalue weighted by Gasteiger charge is 2.13. The van der Waals surface area contributed by atoms with Crippen molar-refractivity contribution in [1.82, 2.24) is 10.2 Å². The van der Waals surface area contributed by atoms with Crippen molar-refractivity contribution in [3.63, 3.8) is 0 Å². The van der Waals surface area contributed by atoms with E-state index in [0.29, 0.717) is 16.4 Å². The van der Waals surface area contributed by atoms with E-state index in [-0.39, 0.29) is 15.9 Å². The highest BCUT2D eigenvalue weighted by Crippen LogP contribution is 2.22. The molecule has 0 saturated carbocycles. The number of nitrogens with zero attached hydrogens (tertiary/aromatic N) is 3. The Bertz CT molecular complexity index is 694. The lowest BCUT2D eigenvalue weighted by Crippen LogP contribution is -2.11. The number of halogens is 1. The minimum Gasteiger partial charge on any atom is -0.360 e. The van der Waals surface area contributed by atoms with E-state index in [1.165, 1.54) is 17.4 Å². The summed E-state index contributed by atoms with van der Waals surface area (Å²) in [5.74, 6) is -0.363. The van der Waals surface area contributed by atoms with Crippen LogP contribution in [0.2, 0.25) is 5.02 Å². The number of amides is 1. The number of benzene rings is 1. The monoisotopic (exact) mass is 321 g/mol. The summed E-state index contributed by atoms with van der Waals surface area (Å²) < 4.78 is 0. The molecule has 108 valence electrons. The van der Waals surface area contributed by atoms with E-state index in [2.05, 4.69) is 20.8 Å². The van der Waals surface area contributed by atoms with Gasteiger partial charge in [-0.15, -0.1) is 10.2 Å². The van der Waals surface area contributed by atoms with Gasteiger partial charge in [-0.3, -0.25) is 4.79 Å². The summed E-state index contributed by atoms with van der Waals surface area (Å²) in [5.41, 5.74) is 0.860. The molecule has 1 aromatic heterocycles. The second-order valence-corrected chi connectivity index (χ2v) is 5.48. The van der Waals surface area contributed by atoms with Gasteiger partial charge in [-0.2, -0.15) is 5.26 Å². The molecule has 8 heteroatoms. The number of nitriles is 1. The van der Waals surface area contributed by atoms with E-state index >= 15 is 0 Å². The highest BCUT2D eigenvalue weighted by atomic mass is 35.5. The van der Waals surface area contributed by atoms with Gasteiger partial charge in [0.25, 0.3) is 5.91 Å². The van der Waals surface area contributed by atoms with Crippen LogP contribution in [0.15, 0.2) is 18.2 Å². The normalized spacial score (nSPS) is 9.95. The zero-order valence-corrected chi connectivity index (χ0v) is 12.8. The van der Waals surface area contributed by atoms with Crippen LogP contribution in [0.25, 0.3) is 0 Å². The van der Waals surface area contributed by atoms with E-state index in [4.69, 9.17) is 16.9 Å². The van der Waals surface area contributed by atoms with Crippen LogP contribution in [-0.2, 0) is 0 Å². The lowest BCUT2D eigenvalue weighted by Gasteiger charge is -2.03. The van der Waals surface area contributed by atoms with Gasteiger partial charge in [-0.25, -0.2) is 0 Å². The van der Waals surface area contributed by atoms with Crippen molar-refractivity contribution >= 4 is 39.7 Å². The third-order valence-electron chi connectivity index (χ3n) is 2.49. The smallest absolute Gasteiger partial charge is 0.286 e. The van der Waals surface area contributed by atoms with Crippen molar-refractivity contribution in [3.05, 3.63) is 33.8 Å². The summed E-state index contributed by atoms with van der Waals surface area (Å²) in [7, 11) is 0. The van der Waals surface area contributed by atoms with Crippen LogP contribution in [0.3, 0.4) is 0 Å². The first-order chi connectivity index (χ1) is 10.1. The van der Waals surface area contributed by atoms with Crippen LogP contribution in [0.1, 0.15) is 28.7 Å². The van der Waals surface area contributed by atoms with Gasteiger partial charge in [-0.05, 0) is 24.6 Å². The molecular formula is C13H12ClN5OS. The molecule has 21 heavy (non-hydrogen) atoms. The number of aromatic nitrogens is 2. The molecule has 0 fully saturated rings. The van der Waals surface area contributed by atoms with Crippen molar-refractivity contribution in [2.24, 2.45) is 0 Å². The standard InChI is InChI=1S/C13H12ClN5OS/c1-2-5-16-13-19-18-12(21-13)11(20)17-9-4-3-8(7-15)10(14)6-9/h3-4,6H,2,5H2,1H3,(H,16,19)(H,17,20). The van der Waals surface area contributed by atoms with Crippen LogP contribution in [-0.4, -0.2) is 22.6 Å². The topological polar surface area (TPSA) is 90.7 Å². The molecule has 0 aliphatic rings. The van der Waals surface area contributed by atoms with Gasteiger partial charge < -0.3 is 10.6 Å². The van der Waals surface area contributed by atoms with E-state index in [1.807, 2.05) is 13.0 Å². The molecule has 0 unspecified atom stereocenters. The van der Waals surface area contributed by atoms with Crippen LogP contribution < -0.4 is 10.6 Å². The molecule has 0 atom stereocenters. The average Bonchev–Trinajstić information content (AvgIpc) is 2.94. The number of anilines is 2. The fourth-order valence-electron chi connectivity index (χ4n) is 1.49. The van der Waals surface area contributed by atoms with Crippen LogP contribution in [0, 0.1) is 11.3 Å². The van der Waals surface area contributed by atoms with Gasteiger partial charge in [0.15, 0.2) is 0 Å². The van der Waals surface area contributed by atoms with Gasteiger partial charge in [0.2, 0.25) is 10.1 Å². The molecule has 1 aromatic carbocycles. The van der Waals surface area contributed by atoms with Crippen molar-refractivity contribution in [1.29, 1.82) is 5.26 Å². The molecule has 2 N–H and O–H groups in total. The Morgan fingerprint density at radius 1 is 1.48 bits per heavy atom. The molecule has 2 rings (SSSR count). The van der Waals surface area contributed by atoms with Crippen LogP contribution >= 0.6 is 22.9 Å². The van der Waals surface area contributed by atoms with Gasteiger partial charge in [0, 0.05) is 12.2 Å². The van der Waals surface area contributed by atoms with Gasteiger partial charge in [0.1, 0.15) is 6.07 Å². The number of nitrogens with one attached hydrogen (secondary N) is 2. The van der Waals surface area contributed by atoms with E-state index in [9.17, 15) is 4.79 Å². The molecule has 1 heterocycles. The number of hydrogen-bond donors (Lipinski definition) is 2. The average molecular weight is 322 g/mol. The number of carbonyl (C=O) groups is 1. The molecule has 2 aromatic rings. The molecule has 0 spiro atoms. The minimum absolute atomic E-state index is 0.258. The highest BCUT2D eigenvalue weighted by molar-refractivity contribution is 7.17. The Morgan fingerprint density at radius 3 is 2.95 bits per heavy atom. The van der Waals surface area contributed by atoms with Gasteiger partial charge >= 0.3 is 0 Å². The Morgan fingerprint density at radius 2 is 2.29 bits per heavy atom. The predicted octanol–water partition coefficient (Wildman–Crippen LogP) is 3.14. The second kappa shape index (κ2) is 7.02. The molecule has 6 nitrogen and oxygen atoms in total. The van der Waals surface area contributed by atoms with Crippen LogP contribution in [0.4, 0.5) is 10.8 Å². The number of rotatable bonds is 5. The van der Waals surface area contributed by atoms with E-state index in [1.54, 1.807) is 12.1 Å². The predicted molar refractivity (Wildman–Crippen MR) is 82.8 cm³/mol. The lowest BCUT2D eigenvalue weighted by molar-refractivity contribution is 0.102. The maximum absolute atomic E-state index is 12.0. The molecule has 0 saturated heterocycles. The molecule has 0 radical (unpaired) electrons. The molecule has 0 aliphatic heterocycles. The summed E-state index contributed by atoms with van der Waals surface area (Å²) in [6.07, 6.45) is 0.963. The van der Waals surface area contributed by atoms with Crippen molar-refractivity contribution < 1.29 is 4.79 Å². The Labute approximate surface area is 130 Å². The van der Waals surface area contributed by atoms with Crippen LogP contribution in [0.5, 0.6) is 0 Å². The summed E-state index contributed by atoms with van der Waals surface area (Å²) in [5, 5.41) is 23.4. The largest absolute Gasteiger partial charge is 0.360 e. The Balaban J connectivity index is 2.06. The zero-order chi connectivity index (χ0) is 15.2. The number of carbonyl (C=O) groups excluding carboxylic acids is 1. The quantitative estimate of drug-likeness (QED) is 0.882. The molecule has 0 aliphatic carbocycles. The summed E-state index contributed by atoms with van der Waals surface area (Å²) >= 11 is 7.09. The first kappa shape index (κ1) is 15.2. The Hall–Kier alpha value is -2.17. The SMILES string of the molecule is CCCNc1nnc(C(=O)Nc2ccc(C#N)c(Cl)c2)s1. The molecule has 0 bridgehead atoms. The third kappa shape index (κ3) is 3.90. The second-order valence-electron chi connectivity index (χ2n) is 4.10. The first-order valence-electron chi connectivity index (χ1n) is 6.22. The fourth-order valence-corrected chi connectivity index (χ4v) is 2.37. The maximum atomic E-state index is 12.0. The zero-order valence-electron chi connectivity index (χ0n) is 11.2. The summed E-state index contributed by atoms with van der Waals surface area (Å²) in [6.45, 7) is 2.82. The van der Waals surface area contributed by atoms with E-state index < -0.39 is 0 Å². The van der Waals surface area contributed by atoms with Crippen molar-refractivity contribution in [2.45, 2.75) is 13.3 Å². The van der Waals surface area contributed by atoms with Gasteiger partial charge in [-0.1, -0.05) is 29.9 Å². The lowest BCUT2D eigenvalue weighted by atomic mass is 10.2. The minimum atomic E-state index is -0.363. The molecule has 1 amide bonds. The fraction of sp³-hybridized carbons (Fsp3) is 0.231. The van der Waals surface area contributed by atoms with Gasteiger partial charge in [0.05, 0.1) is 10.6 Å². The van der Waals surface area contributed by atoms with Crippen molar-refractivity contribution in [3.8, 4) is 6.07 Å². The van der Waals surface area contributed by atoms with E-state index in [0.717, 1.165) is 13.0 Å². The number of hydrogen-bond acceptors (Lipinski definition) is 6. The summed E-state index contributed by atoms with van der Waals surface area (Å²) in [6, 6.07) is 6.64. The maximum Gasteiger partial charge on any atom is 0.286 e.